The van der Waals surface area contributed by atoms with Gasteiger partial charge < -0.3 is 19.1 Å². The lowest BCUT2D eigenvalue weighted by Crippen LogP contribution is -2.36. The molecule has 1 N–H and O–H groups in total. The van der Waals surface area contributed by atoms with E-state index in [0.29, 0.717) is 38.2 Å². The number of ether oxygens (including phenoxy) is 2. The molecule has 0 saturated carbocycles. The van der Waals surface area contributed by atoms with Gasteiger partial charge in [0.15, 0.2) is 0 Å². The van der Waals surface area contributed by atoms with Crippen molar-refractivity contribution in [2.24, 2.45) is 0 Å². The fourth-order valence-electron chi connectivity index (χ4n) is 3.27. The number of aromatic nitrogens is 1. The fourth-order valence-corrected chi connectivity index (χ4v) is 3.27. The van der Waals surface area contributed by atoms with Crippen LogP contribution in [-0.4, -0.2) is 60.1 Å². The molecule has 0 saturated heterocycles. The molecule has 166 valence electrons. The average molecular weight is 421 g/mol. The van der Waals surface area contributed by atoms with Crippen LogP contribution in [-0.2, 0) is 27.4 Å². The molecule has 7 heteroatoms. The molecular weight excluding hydrogens is 387 g/mol. The molecule has 0 aliphatic heterocycles. The second-order valence-corrected chi connectivity index (χ2v) is 7.39. The molecule has 2 aromatic rings. The Morgan fingerprint density at radius 1 is 1.27 bits per heavy atom. The summed E-state index contributed by atoms with van der Waals surface area (Å²) in [5.41, 5.74) is 1.65. The van der Waals surface area contributed by atoms with Gasteiger partial charge in [-0.15, -0.1) is 0 Å². The summed E-state index contributed by atoms with van der Waals surface area (Å²) in [6.07, 6.45) is 3.04. The summed E-state index contributed by atoms with van der Waals surface area (Å²) in [7, 11) is 1.66. The van der Waals surface area contributed by atoms with Crippen LogP contribution in [0.5, 0.6) is 0 Å². The summed E-state index contributed by atoms with van der Waals surface area (Å²) >= 11 is 0. The Kier molecular flexibility index (Phi) is 10.5. The van der Waals surface area contributed by atoms with Gasteiger partial charge in [0.25, 0.3) is 0 Å². The molecule has 0 unspecified atom stereocenters. The van der Waals surface area contributed by atoms with Gasteiger partial charge in [-0.1, -0.05) is 25.1 Å². The van der Waals surface area contributed by atoms with Crippen molar-refractivity contribution < 1.29 is 23.8 Å². The Morgan fingerprint density at radius 3 is 2.80 bits per heavy atom. The van der Waals surface area contributed by atoms with Crippen LogP contribution >= 0.6 is 0 Å². The molecule has 0 amide bonds. The van der Waals surface area contributed by atoms with E-state index in [1.807, 2.05) is 35.9 Å². The standard InChI is InChI=1S/C23H33FN2O4/c1-3-8-23(28)30-18-21(27)17-25(12-7-14-29-2)16-20-10-6-13-26(20)15-19-9-4-5-11-22(19)24/h4-6,9-11,13,21,27H,3,7-8,12,14-18H2,1-2H3/t21-/m0/s1. The predicted octanol–water partition coefficient (Wildman–Crippen LogP) is 3.22. The Labute approximate surface area is 178 Å². The smallest absolute Gasteiger partial charge is 0.305 e. The van der Waals surface area contributed by atoms with Gasteiger partial charge in [-0.05, 0) is 31.0 Å². The third-order valence-corrected chi connectivity index (χ3v) is 4.79. The van der Waals surface area contributed by atoms with E-state index in [9.17, 15) is 14.3 Å². The summed E-state index contributed by atoms with van der Waals surface area (Å²) in [5, 5.41) is 10.4. The first kappa shape index (κ1) is 24.1. The van der Waals surface area contributed by atoms with Gasteiger partial charge in [0.05, 0.1) is 6.54 Å². The summed E-state index contributed by atoms with van der Waals surface area (Å²) in [5.74, 6) is -0.514. The average Bonchev–Trinajstić information content (AvgIpc) is 3.15. The van der Waals surface area contributed by atoms with Crippen LogP contribution in [0.2, 0.25) is 0 Å². The van der Waals surface area contributed by atoms with Gasteiger partial charge in [0.1, 0.15) is 18.5 Å². The molecule has 1 aromatic carbocycles. The Balaban J connectivity index is 1.99. The molecule has 0 aliphatic carbocycles. The second-order valence-electron chi connectivity index (χ2n) is 7.39. The topological polar surface area (TPSA) is 63.9 Å². The number of nitrogens with zero attached hydrogens (tertiary/aromatic N) is 2. The van der Waals surface area contributed by atoms with Gasteiger partial charge in [0, 0.05) is 57.2 Å². The molecule has 0 spiro atoms. The fraction of sp³-hybridized carbons (Fsp3) is 0.522. The number of benzene rings is 1. The van der Waals surface area contributed by atoms with E-state index in [4.69, 9.17) is 9.47 Å². The van der Waals surface area contributed by atoms with Crippen LogP contribution in [0.25, 0.3) is 0 Å². The highest BCUT2D eigenvalue weighted by Gasteiger charge is 2.16. The molecule has 0 fully saturated rings. The molecular formula is C23H33FN2O4. The number of aliphatic hydroxyl groups is 1. The molecule has 0 bridgehead atoms. The number of methoxy groups -OCH3 is 1. The number of carbonyl (C=O) groups is 1. The van der Waals surface area contributed by atoms with Gasteiger partial charge in [-0.3, -0.25) is 9.69 Å². The molecule has 6 nitrogen and oxygen atoms in total. The van der Waals surface area contributed by atoms with E-state index < -0.39 is 6.10 Å². The lowest BCUT2D eigenvalue weighted by atomic mass is 10.2. The summed E-state index contributed by atoms with van der Waals surface area (Å²) in [6, 6.07) is 10.7. The van der Waals surface area contributed by atoms with Gasteiger partial charge in [-0.2, -0.15) is 0 Å². The molecule has 1 atom stereocenters. The van der Waals surface area contributed by atoms with E-state index in [1.165, 1.54) is 6.07 Å². The highest BCUT2D eigenvalue weighted by Crippen LogP contribution is 2.14. The zero-order chi connectivity index (χ0) is 21.8. The van der Waals surface area contributed by atoms with Crippen LogP contribution in [0, 0.1) is 5.82 Å². The lowest BCUT2D eigenvalue weighted by molar-refractivity contribution is -0.147. The summed E-state index contributed by atoms with van der Waals surface area (Å²) < 4.78 is 26.3. The van der Waals surface area contributed by atoms with E-state index >= 15 is 0 Å². The van der Waals surface area contributed by atoms with E-state index in [1.54, 1.807) is 19.2 Å². The molecule has 1 aromatic heterocycles. The first-order valence-corrected chi connectivity index (χ1v) is 10.5. The number of aliphatic hydroxyl groups excluding tert-OH is 1. The van der Waals surface area contributed by atoms with E-state index in [0.717, 1.165) is 25.1 Å². The highest BCUT2D eigenvalue weighted by molar-refractivity contribution is 5.69. The first-order chi connectivity index (χ1) is 14.5. The van der Waals surface area contributed by atoms with Crippen molar-refractivity contribution in [2.45, 2.75) is 45.4 Å². The highest BCUT2D eigenvalue weighted by atomic mass is 19.1. The van der Waals surface area contributed by atoms with Crippen LogP contribution in [0.1, 0.15) is 37.4 Å². The Hall–Kier alpha value is -2.22. The van der Waals surface area contributed by atoms with Crippen LogP contribution < -0.4 is 0 Å². The number of hydrogen-bond donors (Lipinski definition) is 1. The number of esters is 1. The number of hydrogen-bond acceptors (Lipinski definition) is 5. The van der Waals surface area contributed by atoms with Crippen molar-refractivity contribution in [3.63, 3.8) is 0 Å². The van der Waals surface area contributed by atoms with Gasteiger partial charge >= 0.3 is 5.97 Å². The molecule has 2 rings (SSSR count). The maximum atomic E-state index is 14.0. The summed E-state index contributed by atoms with van der Waals surface area (Å²) in [4.78, 5) is 13.7. The number of rotatable bonds is 14. The summed E-state index contributed by atoms with van der Waals surface area (Å²) in [6.45, 7) is 4.63. The predicted molar refractivity (Wildman–Crippen MR) is 114 cm³/mol. The minimum atomic E-state index is -0.775. The second kappa shape index (κ2) is 13.2. The normalized spacial score (nSPS) is 12.3. The van der Waals surface area contributed by atoms with Crippen molar-refractivity contribution in [3.05, 3.63) is 59.7 Å². The Bertz CT molecular complexity index is 765. The van der Waals surface area contributed by atoms with Crippen molar-refractivity contribution in [3.8, 4) is 0 Å². The van der Waals surface area contributed by atoms with Crippen LogP contribution in [0.3, 0.4) is 0 Å². The molecule has 30 heavy (non-hydrogen) atoms. The maximum Gasteiger partial charge on any atom is 0.305 e. The van der Waals surface area contributed by atoms with E-state index in [-0.39, 0.29) is 18.4 Å². The SMILES string of the molecule is CCCC(=O)OC[C@@H](O)CN(CCCOC)Cc1cccn1Cc1ccccc1F. The quantitative estimate of drug-likeness (QED) is 0.376. The minimum Gasteiger partial charge on any atom is -0.463 e. The lowest BCUT2D eigenvalue weighted by Gasteiger charge is -2.25. The first-order valence-electron chi connectivity index (χ1n) is 10.5. The minimum absolute atomic E-state index is 0.0180. The Morgan fingerprint density at radius 2 is 2.07 bits per heavy atom. The van der Waals surface area contributed by atoms with Crippen molar-refractivity contribution in [1.82, 2.24) is 9.47 Å². The molecule has 0 radical (unpaired) electrons. The van der Waals surface area contributed by atoms with Crippen LogP contribution in [0.4, 0.5) is 4.39 Å². The molecule has 0 aliphatic rings. The van der Waals surface area contributed by atoms with E-state index in [2.05, 4.69) is 4.90 Å². The van der Waals surface area contributed by atoms with Gasteiger partial charge in [-0.25, -0.2) is 4.39 Å². The van der Waals surface area contributed by atoms with Crippen molar-refractivity contribution in [2.75, 3.05) is 33.4 Å². The number of carbonyl (C=O) groups excluding carboxylic acids is 1. The zero-order valence-electron chi connectivity index (χ0n) is 17.9. The van der Waals surface area contributed by atoms with Crippen LogP contribution in [0.15, 0.2) is 42.6 Å². The molecule has 1 heterocycles. The van der Waals surface area contributed by atoms with Crippen molar-refractivity contribution in [1.29, 1.82) is 0 Å². The zero-order valence-corrected chi connectivity index (χ0v) is 17.9. The monoisotopic (exact) mass is 420 g/mol. The number of halogens is 1. The maximum absolute atomic E-state index is 14.0. The largest absolute Gasteiger partial charge is 0.463 e. The van der Waals surface area contributed by atoms with Crippen molar-refractivity contribution >= 4 is 5.97 Å². The third-order valence-electron chi connectivity index (χ3n) is 4.79. The third kappa shape index (κ3) is 8.26. The van der Waals surface area contributed by atoms with Gasteiger partial charge in [0.2, 0.25) is 0 Å².